The molecule has 0 radical (unpaired) electrons. The standard InChI is InChI=1S/C23H19ClO4/c1-2-14-11-17(27-16-5-3-15(24)4-6-16)9-10-20(14)23-21(25)12-18-7-8-19(28-18)13-22(23)26/h3-11,23H,2,12-13H2,1H3. The molecule has 0 atom stereocenters. The summed E-state index contributed by atoms with van der Waals surface area (Å²) in [6.07, 6.45) is 0.942. The van der Waals surface area contributed by atoms with Crippen LogP contribution in [-0.2, 0) is 28.9 Å². The average Bonchev–Trinajstić information content (AvgIpc) is 3.12. The summed E-state index contributed by atoms with van der Waals surface area (Å²) in [5, 5.41) is 0.640. The number of carbonyl (C=O) groups excluding carboxylic acids is 2. The molecule has 2 bridgehead atoms. The van der Waals surface area contributed by atoms with Crippen molar-refractivity contribution in [1.82, 2.24) is 0 Å². The third-order valence-corrected chi connectivity index (χ3v) is 5.17. The maximum atomic E-state index is 12.8. The van der Waals surface area contributed by atoms with Crippen molar-refractivity contribution in [2.45, 2.75) is 32.1 Å². The summed E-state index contributed by atoms with van der Waals surface area (Å²) in [4.78, 5) is 25.7. The van der Waals surface area contributed by atoms with Crippen LogP contribution in [0.5, 0.6) is 11.5 Å². The summed E-state index contributed by atoms with van der Waals surface area (Å²) in [6, 6.07) is 16.2. The van der Waals surface area contributed by atoms with E-state index in [2.05, 4.69) is 0 Å². The minimum atomic E-state index is -0.770. The van der Waals surface area contributed by atoms with Gasteiger partial charge in [-0.15, -0.1) is 0 Å². The van der Waals surface area contributed by atoms with Gasteiger partial charge in [-0.2, -0.15) is 0 Å². The second-order valence-electron chi connectivity index (χ2n) is 6.86. The third kappa shape index (κ3) is 3.73. The van der Waals surface area contributed by atoms with Crippen LogP contribution in [0, 0.1) is 0 Å². The Hall–Kier alpha value is -2.85. The number of hydrogen-bond donors (Lipinski definition) is 0. The van der Waals surface area contributed by atoms with Crippen LogP contribution in [0.25, 0.3) is 0 Å². The Balaban J connectivity index is 1.64. The maximum Gasteiger partial charge on any atom is 0.155 e. The third-order valence-electron chi connectivity index (χ3n) is 4.91. The van der Waals surface area contributed by atoms with E-state index in [9.17, 15) is 9.59 Å². The van der Waals surface area contributed by atoms with E-state index in [1.54, 1.807) is 42.5 Å². The largest absolute Gasteiger partial charge is 0.465 e. The van der Waals surface area contributed by atoms with E-state index in [0.29, 0.717) is 34.5 Å². The minimum Gasteiger partial charge on any atom is -0.465 e. The molecule has 5 heteroatoms. The number of hydrogen-bond acceptors (Lipinski definition) is 4. The van der Waals surface area contributed by atoms with Gasteiger partial charge in [0.15, 0.2) is 11.6 Å². The van der Waals surface area contributed by atoms with Gasteiger partial charge in [-0.3, -0.25) is 9.59 Å². The number of aryl methyl sites for hydroxylation is 1. The van der Waals surface area contributed by atoms with Crippen molar-refractivity contribution < 1.29 is 18.7 Å². The molecule has 2 aromatic carbocycles. The van der Waals surface area contributed by atoms with Crippen LogP contribution < -0.4 is 4.74 Å². The Bertz CT molecular complexity index is 1000. The number of carbonyl (C=O) groups is 2. The first-order valence-electron chi connectivity index (χ1n) is 9.22. The summed E-state index contributed by atoms with van der Waals surface area (Å²) in [5.41, 5.74) is 1.68. The van der Waals surface area contributed by atoms with Gasteiger partial charge in [0.25, 0.3) is 0 Å². The van der Waals surface area contributed by atoms with Gasteiger partial charge in [0.1, 0.15) is 28.9 Å². The molecule has 0 fully saturated rings. The van der Waals surface area contributed by atoms with Crippen LogP contribution in [0.2, 0.25) is 5.02 Å². The van der Waals surface area contributed by atoms with Gasteiger partial charge in [-0.25, -0.2) is 0 Å². The zero-order chi connectivity index (χ0) is 19.7. The molecule has 142 valence electrons. The van der Waals surface area contributed by atoms with Crippen molar-refractivity contribution in [3.05, 3.63) is 82.3 Å². The van der Waals surface area contributed by atoms with Crippen molar-refractivity contribution in [2.75, 3.05) is 0 Å². The van der Waals surface area contributed by atoms with Gasteiger partial charge in [-0.05, 0) is 66.1 Å². The zero-order valence-electron chi connectivity index (χ0n) is 15.4. The highest BCUT2D eigenvalue weighted by Crippen LogP contribution is 2.32. The molecule has 0 N–H and O–H groups in total. The van der Waals surface area contributed by atoms with Gasteiger partial charge < -0.3 is 9.15 Å². The molecule has 2 heterocycles. The zero-order valence-corrected chi connectivity index (χ0v) is 16.2. The molecule has 1 aromatic heterocycles. The fraction of sp³-hybridized carbons (Fsp3) is 0.217. The number of Topliss-reactive ketones (excluding diaryl/α,β-unsaturated/α-hetero) is 2. The second-order valence-corrected chi connectivity index (χ2v) is 7.29. The lowest BCUT2D eigenvalue weighted by Gasteiger charge is -2.20. The maximum absolute atomic E-state index is 12.8. The minimum absolute atomic E-state index is 0.128. The van der Waals surface area contributed by atoms with Crippen LogP contribution in [0.4, 0.5) is 0 Å². The highest BCUT2D eigenvalue weighted by atomic mass is 35.5. The first-order valence-corrected chi connectivity index (χ1v) is 9.60. The summed E-state index contributed by atoms with van der Waals surface area (Å²) < 4.78 is 11.4. The molecule has 0 unspecified atom stereocenters. The number of furan rings is 1. The number of ketones is 2. The Morgan fingerprint density at radius 1 is 0.929 bits per heavy atom. The van der Waals surface area contributed by atoms with Crippen molar-refractivity contribution in [3.8, 4) is 11.5 Å². The molecule has 0 saturated heterocycles. The normalized spacial score (nSPS) is 14.6. The Kier molecular flexibility index (Phi) is 5.05. The average molecular weight is 395 g/mol. The van der Waals surface area contributed by atoms with Gasteiger partial charge >= 0.3 is 0 Å². The molecule has 4 nitrogen and oxygen atoms in total. The SMILES string of the molecule is CCc1cc(Oc2ccc(Cl)cc2)ccc1C1C(=O)Cc2ccc(o2)CC1=O. The van der Waals surface area contributed by atoms with Gasteiger partial charge in [0, 0.05) is 5.02 Å². The second kappa shape index (κ2) is 7.64. The number of halogens is 1. The van der Waals surface area contributed by atoms with E-state index >= 15 is 0 Å². The number of ether oxygens (including phenoxy) is 1. The van der Waals surface area contributed by atoms with E-state index in [1.165, 1.54) is 0 Å². The highest BCUT2D eigenvalue weighted by molar-refractivity contribution is 6.30. The first-order chi connectivity index (χ1) is 13.5. The Morgan fingerprint density at radius 3 is 2.14 bits per heavy atom. The summed E-state index contributed by atoms with van der Waals surface area (Å²) in [6.45, 7) is 2.00. The Morgan fingerprint density at radius 2 is 1.54 bits per heavy atom. The molecule has 0 spiro atoms. The summed E-state index contributed by atoms with van der Waals surface area (Å²) >= 11 is 5.91. The molecule has 0 aliphatic carbocycles. The predicted octanol–water partition coefficient (Wildman–Crippen LogP) is 5.31. The molecule has 4 rings (SSSR count). The lowest BCUT2D eigenvalue weighted by Crippen LogP contribution is -2.27. The quantitative estimate of drug-likeness (QED) is 0.563. The van der Waals surface area contributed by atoms with E-state index in [1.807, 2.05) is 19.1 Å². The molecule has 0 saturated carbocycles. The molecule has 1 aliphatic rings. The smallest absolute Gasteiger partial charge is 0.155 e. The number of benzene rings is 2. The lowest BCUT2D eigenvalue weighted by atomic mass is 9.83. The monoisotopic (exact) mass is 394 g/mol. The first kappa shape index (κ1) is 18.5. The van der Waals surface area contributed by atoms with Gasteiger partial charge in [0.05, 0.1) is 12.8 Å². The van der Waals surface area contributed by atoms with E-state index in [4.69, 9.17) is 20.8 Å². The van der Waals surface area contributed by atoms with Crippen LogP contribution in [0.15, 0.2) is 59.0 Å². The summed E-state index contributed by atoms with van der Waals surface area (Å²) in [5.74, 6) is 1.51. The fourth-order valence-corrected chi connectivity index (χ4v) is 3.68. The fourth-order valence-electron chi connectivity index (χ4n) is 3.56. The lowest BCUT2D eigenvalue weighted by molar-refractivity contribution is -0.129. The van der Waals surface area contributed by atoms with E-state index in [-0.39, 0.29) is 24.4 Å². The van der Waals surface area contributed by atoms with Crippen molar-refractivity contribution in [1.29, 1.82) is 0 Å². The molecular weight excluding hydrogens is 376 g/mol. The van der Waals surface area contributed by atoms with E-state index < -0.39 is 5.92 Å². The topological polar surface area (TPSA) is 56.5 Å². The van der Waals surface area contributed by atoms with E-state index in [0.717, 1.165) is 11.1 Å². The molecule has 1 aliphatic heterocycles. The van der Waals surface area contributed by atoms with Crippen LogP contribution in [-0.4, -0.2) is 11.6 Å². The Labute approximate surface area is 168 Å². The van der Waals surface area contributed by atoms with Crippen molar-refractivity contribution >= 4 is 23.2 Å². The molecular formula is C23H19ClO4. The van der Waals surface area contributed by atoms with Crippen molar-refractivity contribution in [3.63, 3.8) is 0 Å². The van der Waals surface area contributed by atoms with Gasteiger partial charge in [-0.1, -0.05) is 24.6 Å². The predicted molar refractivity (Wildman–Crippen MR) is 106 cm³/mol. The van der Waals surface area contributed by atoms with Crippen LogP contribution in [0.1, 0.15) is 35.5 Å². The van der Waals surface area contributed by atoms with Crippen LogP contribution in [0.3, 0.4) is 0 Å². The van der Waals surface area contributed by atoms with Gasteiger partial charge in [0.2, 0.25) is 0 Å². The highest BCUT2D eigenvalue weighted by Gasteiger charge is 2.33. The van der Waals surface area contributed by atoms with Crippen LogP contribution >= 0.6 is 11.6 Å². The molecule has 28 heavy (non-hydrogen) atoms. The molecule has 0 amide bonds. The number of rotatable bonds is 4. The van der Waals surface area contributed by atoms with Crippen molar-refractivity contribution in [2.24, 2.45) is 0 Å². The number of fused-ring (bicyclic) bond motifs is 2. The molecule has 3 aromatic rings. The summed E-state index contributed by atoms with van der Waals surface area (Å²) in [7, 11) is 0.